The molecule has 152 valence electrons. The Hall–Kier alpha value is -2.05. The fraction of sp³-hybridized carbons (Fsp3) is 0.524. The number of carbonyl (C=O) groups excluding carboxylic acids is 1. The van der Waals surface area contributed by atoms with Gasteiger partial charge in [0, 0.05) is 18.3 Å². The zero-order chi connectivity index (χ0) is 19.0. The molecule has 2 bridgehead atoms. The Morgan fingerprint density at radius 1 is 1.25 bits per heavy atom. The molecule has 2 saturated carbocycles. The van der Waals surface area contributed by atoms with Crippen LogP contribution in [0.3, 0.4) is 0 Å². The summed E-state index contributed by atoms with van der Waals surface area (Å²) in [5.41, 5.74) is 8.57. The molecular formula is C21H29ClN4O2. The first kappa shape index (κ1) is 20.7. The lowest BCUT2D eigenvalue weighted by molar-refractivity contribution is 0.0751. The van der Waals surface area contributed by atoms with Gasteiger partial charge in [-0.25, -0.2) is 4.68 Å². The molecule has 1 amide bonds. The molecule has 2 fully saturated rings. The lowest BCUT2D eigenvalue weighted by Gasteiger charge is -2.45. The molecule has 2 aliphatic rings. The molecule has 4 rings (SSSR count). The number of benzene rings is 1. The normalized spacial score (nSPS) is 26.2. The number of rotatable bonds is 4. The summed E-state index contributed by atoms with van der Waals surface area (Å²) in [6, 6.07) is 8.18. The van der Waals surface area contributed by atoms with Crippen molar-refractivity contribution in [2.45, 2.75) is 51.1 Å². The summed E-state index contributed by atoms with van der Waals surface area (Å²) < 4.78 is 7.14. The molecule has 1 aromatic heterocycles. The molecule has 3 N–H and O–H groups in total. The van der Waals surface area contributed by atoms with Crippen molar-refractivity contribution < 1.29 is 9.53 Å². The highest BCUT2D eigenvalue weighted by molar-refractivity contribution is 5.92. The van der Waals surface area contributed by atoms with Crippen molar-refractivity contribution in [2.75, 3.05) is 7.11 Å². The van der Waals surface area contributed by atoms with Gasteiger partial charge in [-0.05, 0) is 68.2 Å². The minimum atomic E-state index is -0.0993. The number of nitrogens with two attached hydrogens (primary N) is 1. The molecule has 0 saturated heterocycles. The molecule has 0 radical (unpaired) electrons. The SMILES string of the molecule is COc1ccc(C)cc1-n1ccc(C(=O)NC2C3CCCC2CC(N)C3)n1.Cl. The Morgan fingerprint density at radius 3 is 2.64 bits per heavy atom. The van der Waals surface area contributed by atoms with Crippen molar-refractivity contribution in [3.63, 3.8) is 0 Å². The van der Waals surface area contributed by atoms with Crippen molar-refractivity contribution in [3.8, 4) is 11.4 Å². The molecular weight excluding hydrogens is 376 g/mol. The van der Waals surface area contributed by atoms with Gasteiger partial charge in [0.25, 0.3) is 5.91 Å². The number of nitrogens with zero attached hydrogens (tertiary/aromatic N) is 2. The monoisotopic (exact) mass is 404 g/mol. The number of amides is 1. The Morgan fingerprint density at radius 2 is 1.96 bits per heavy atom. The number of aryl methyl sites for hydroxylation is 1. The standard InChI is InChI=1S/C21H28N4O2.ClH/c1-13-6-7-19(27-2)18(10-13)25-9-8-17(24-25)21(26)23-20-14-4-3-5-15(20)12-16(22)11-14;/h6-10,14-16,20H,3-5,11-12,22H2,1-2H3,(H,23,26);1H. The van der Waals surface area contributed by atoms with Crippen LogP contribution >= 0.6 is 12.4 Å². The number of hydrogen-bond acceptors (Lipinski definition) is 4. The van der Waals surface area contributed by atoms with Gasteiger partial charge in [0.05, 0.1) is 7.11 Å². The van der Waals surface area contributed by atoms with Gasteiger partial charge in [-0.1, -0.05) is 12.5 Å². The maximum Gasteiger partial charge on any atom is 0.272 e. The first-order chi connectivity index (χ1) is 13.0. The van der Waals surface area contributed by atoms with E-state index < -0.39 is 0 Å². The highest BCUT2D eigenvalue weighted by Crippen LogP contribution is 2.39. The molecule has 1 aromatic carbocycles. The van der Waals surface area contributed by atoms with Crippen LogP contribution in [0, 0.1) is 18.8 Å². The molecule has 0 aliphatic heterocycles. The Bertz CT molecular complexity index is 824. The zero-order valence-corrected chi connectivity index (χ0v) is 17.2. The predicted molar refractivity (Wildman–Crippen MR) is 111 cm³/mol. The molecule has 28 heavy (non-hydrogen) atoms. The highest BCUT2D eigenvalue weighted by atomic mass is 35.5. The van der Waals surface area contributed by atoms with Gasteiger partial charge in [-0.2, -0.15) is 5.10 Å². The summed E-state index contributed by atoms with van der Waals surface area (Å²) >= 11 is 0. The van der Waals surface area contributed by atoms with Crippen LogP contribution in [-0.4, -0.2) is 34.9 Å². The van der Waals surface area contributed by atoms with Gasteiger partial charge in [-0.3, -0.25) is 4.79 Å². The van der Waals surface area contributed by atoms with E-state index in [1.54, 1.807) is 17.9 Å². The summed E-state index contributed by atoms with van der Waals surface area (Å²) in [5, 5.41) is 7.77. The van der Waals surface area contributed by atoms with E-state index in [2.05, 4.69) is 10.4 Å². The number of fused-ring (bicyclic) bond motifs is 2. The molecule has 2 atom stereocenters. The smallest absolute Gasteiger partial charge is 0.272 e. The predicted octanol–water partition coefficient (Wildman–Crippen LogP) is 3.25. The van der Waals surface area contributed by atoms with Crippen LogP contribution in [0.25, 0.3) is 5.69 Å². The quantitative estimate of drug-likeness (QED) is 0.819. The van der Waals surface area contributed by atoms with E-state index in [1.807, 2.05) is 31.3 Å². The van der Waals surface area contributed by atoms with Gasteiger partial charge in [-0.15, -0.1) is 12.4 Å². The molecule has 2 aliphatic carbocycles. The second-order valence-electron chi connectivity index (χ2n) is 8.00. The average molecular weight is 405 g/mol. The number of carbonyl (C=O) groups is 1. The third-order valence-electron chi connectivity index (χ3n) is 6.08. The molecule has 6 nitrogen and oxygen atoms in total. The molecule has 1 heterocycles. The van der Waals surface area contributed by atoms with Crippen molar-refractivity contribution in [1.82, 2.24) is 15.1 Å². The van der Waals surface area contributed by atoms with Crippen LogP contribution in [0.15, 0.2) is 30.5 Å². The van der Waals surface area contributed by atoms with Crippen molar-refractivity contribution in [1.29, 1.82) is 0 Å². The highest BCUT2D eigenvalue weighted by Gasteiger charge is 2.40. The van der Waals surface area contributed by atoms with E-state index in [0.29, 0.717) is 17.5 Å². The Kier molecular flexibility index (Phi) is 6.30. The van der Waals surface area contributed by atoms with Crippen molar-refractivity contribution >= 4 is 18.3 Å². The van der Waals surface area contributed by atoms with E-state index in [9.17, 15) is 4.79 Å². The minimum absolute atomic E-state index is 0. The fourth-order valence-corrected chi connectivity index (χ4v) is 4.81. The maximum atomic E-state index is 12.8. The summed E-state index contributed by atoms with van der Waals surface area (Å²) in [5.74, 6) is 1.62. The van der Waals surface area contributed by atoms with Crippen LogP contribution in [0.2, 0.25) is 0 Å². The fourth-order valence-electron chi connectivity index (χ4n) is 4.81. The molecule has 2 aromatic rings. The summed E-state index contributed by atoms with van der Waals surface area (Å²) in [6.45, 7) is 2.02. The molecule has 7 heteroatoms. The van der Waals surface area contributed by atoms with Crippen LogP contribution in [0.5, 0.6) is 5.75 Å². The van der Waals surface area contributed by atoms with Gasteiger partial charge in [0.1, 0.15) is 11.4 Å². The number of methoxy groups -OCH3 is 1. The maximum absolute atomic E-state index is 12.8. The van der Waals surface area contributed by atoms with E-state index in [1.165, 1.54) is 6.42 Å². The molecule has 0 spiro atoms. The largest absolute Gasteiger partial charge is 0.494 e. The number of nitrogens with one attached hydrogen (secondary N) is 1. The summed E-state index contributed by atoms with van der Waals surface area (Å²) in [6.07, 6.45) is 7.39. The second kappa shape index (κ2) is 8.53. The number of halogens is 1. The second-order valence-corrected chi connectivity index (χ2v) is 8.00. The van der Waals surface area contributed by atoms with Crippen molar-refractivity contribution in [2.24, 2.45) is 17.6 Å². The minimum Gasteiger partial charge on any atom is -0.494 e. The van der Waals surface area contributed by atoms with Crippen LogP contribution in [0.4, 0.5) is 0 Å². The summed E-state index contributed by atoms with van der Waals surface area (Å²) in [4.78, 5) is 12.8. The Labute approximate surface area is 172 Å². The Balaban J connectivity index is 0.00000225. The lowest BCUT2D eigenvalue weighted by atomic mass is 9.67. The van der Waals surface area contributed by atoms with Gasteiger partial charge in [0.15, 0.2) is 5.69 Å². The first-order valence-electron chi connectivity index (χ1n) is 9.82. The lowest BCUT2D eigenvalue weighted by Crippen LogP contribution is -2.53. The van der Waals surface area contributed by atoms with E-state index in [4.69, 9.17) is 10.5 Å². The van der Waals surface area contributed by atoms with Crippen LogP contribution < -0.4 is 15.8 Å². The van der Waals surface area contributed by atoms with Crippen LogP contribution in [0.1, 0.15) is 48.2 Å². The molecule has 2 unspecified atom stereocenters. The van der Waals surface area contributed by atoms with Gasteiger partial charge in [0.2, 0.25) is 0 Å². The number of aromatic nitrogens is 2. The van der Waals surface area contributed by atoms with Crippen LogP contribution in [-0.2, 0) is 0 Å². The average Bonchev–Trinajstić information content (AvgIpc) is 3.12. The van der Waals surface area contributed by atoms with E-state index in [0.717, 1.165) is 42.7 Å². The number of ether oxygens (including phenoxy) is 1. The number of hydrogen-bond donors (Lipinski definition) is 2. The van der Waals surface area contributed by atoms with Gasteiger partial charge < -0.3 is 15.8 Å². The third kappa shape index (κ3) is 4.03. The summed E-state index contributed by atoms with van der Waals surface area (Å²) in [7, 11) is 1.64. The first-order valence-corrected chi connectivity index (χ1v) is 9.82. The topological polar surface area (TPSA) is 82.2 Å². The van der Waals surface area contributed by atoms with E-state index in [-0.39, 0.29) is 30.4 Å². The van der Waals surface area contributed by atoms with Gasteiger partial charge >= 0.3 is 0 Å². The van der Waals surface area contributed by atoms with Crippen molar-refractivity contribution in [3.05, 3.63) is 41.7 Å². The van der Waals surface area contributed by atoms with E-state index >= 15 is 0 Å². The third-order valence-corrected chi connectivity index (χ3v) is 6.08. The zero-order valence-electron chi connectivity index (χ0n) is 16.4.